The second-order valence-electron chi connectivity index (χ2n) is 4.39. The summed E-state index contributed by atoms with van der Waals surface area (Å²) in [5, 5.41) is 1.05. The van der Waals surface area contributed by atoms with Gasteiger partial charge in [-0.1, -0.05) is 29.3 Å². The topological polar surface area (TPSA) is 52.3 Å². The molecule has 0 heterocycles. The minimum absolute atomic E-state index is 0.0620. The van der Waals surface area contributed by atoms with Gasteiger partial charge in [-0.2, -0.15) is 0 Å². The average molecular weight is 310 g/mol. The van der Waals surface area contributed by atoms with Crippen LogP contribution < -0.4 is 5.73 Å². The molecular weight excluding hydrogens is 297 g/mol. The van der Waals surface area contributed by atoms with Crippen molar-refractivity contribution in [1.29, 1.82) is 0 Å². The van der Waals surface area contributed by atoms with Crippen LogP contribution in [0.3, 0.4) is 0 Å². The summed E-state index contributed by atoms with van der Waals surface area (Å²) in [5.41, 5.74) is 8.10. The minimum Gasteiger partial charge on any atom is -0.457 e. The lowest BCUT2D eigenvalue weighted by molar-refractivity contribution is 0.0472. The van der Waals surface area contributed by atoms with E-state index in [1.807, 2.05) is 6.92 Å². The third-order valence-electron chi connectivity index (χ3n) is 2.85. The maximum atomic E-state index is 12.0. The SMILES string of the molecule is Cc1ccc(N)cc1C(=O)OCc1cc(Cl)ccc1Cl. The molecule has 0 fully saturated rings. The van der Waals surface area contributed by atoms with Crippen molar-refractivity contribution in [3.63, 3.8) is 0 Å². The van der Waals surface area contributed by atoms with Gasteiger partial charge >= 0.3 is 5.97 Å². The van der Waals surface area contributed by atoms with Gasteiger partial charge in [0.2, 0.25) is 0 Å². The molecule has 20 heavy (non-hydrogen) atoms. The lowest BCUT2D eigenvalue weighted by Crippen LogP contribution is -2.08. The van der Waals surface area contributed by atoms with Crippen LogP contribution in [0, 0.1) is 6.92 Å². The molecule has 0 saturated heterocycles. The van der Waals surface area contributed by atoms with E-state index in [1.54, 1.807) is 36.4 Å². The van der Waals surface area contributed by atoms with Crippen molar-refractivity contribution in [2.24, 2.45) is 0 Å². The number of ether oxygens (including phenoxy) is 1. The molecule has 0 aliphatic carbocycles. The molecule has 0 atom stereocenters. The summed E-state index contributed by atoms with van der Waals surface area (Å²) in [5.74, 6) is -0.439. The highest BCUT2D eigenvalue weighted by Gasteiger charge is 2.12. The molecule has 0 saturated carbocycles. The van der Waals surface area contributed by atoms with Gasteiger partial charge in [0.25, 0.3) is 0 Å². The van der Waals surface area contributed by atoms with Crippen LogP contribution in [-0.4, -0.2) is 5.97 Å². The molecule has 0 unspecified atom stereocenters. The number of rotatable bonds is 3. The smallest absolute Gasteiger partial charge is 0.338 e. The van der Waals surface area contributed by atoms with Gasteiger partial charge in [0, 0.05) is 21.3 Å². The van der Waals surface area contributed by atoms with Crippen molar-refractivity contribution in [1.82, 2.24) is 0 Å². The first-order valence-corrected chi connectivity index (χ1v) is 6.70. The summed E-state index contributed by atoms with van der Waals surface area (Å²) in [7, 11) is 0. The molecule has 0 aliphatic heterocycles. The van der Waals surface area contributed by atoms with Crippen molar-refractivity contribution in [2.45, 2.75) is 13.5 Å². The van der Waals surface area contributed by atoms with Crippen LogP contribution >= 0.6 is 23.2 Å². The molecule has 5 heteroatoms. The molecule has 2 aromatic rings. The lowest BCUT2D eigenvalue weighted by atomic mass is 10.1. The summed E-state index contributed by atoms with van der Waals surface area (Å²) in [6, 6.07) is 10.1. The first kappa shape index (κ1) is 14.7. The standard InChI is InChI=1S/C15H13Cl2NO2/c1-9-2-4-12(18)7-13(9)15(19)20-8-10-6-11(16)3-5-14(10)17/h2-7H,8,18H2,1H3. The van der Waals surface area contributed by atoms with Gasteiger partial charge in [0.15, 0.2) is 0 Å². The minimum atomic E-state index is -0.439. The van der Waals surface area contributed by atoms with E-state index in [-0.39, 0.29) is 6.61 Å². The quantitative estimate of drug-likeness (QED) is 0.681. The molecule has 2 aromatic carbocycles. The second kappa shape index (κ2) is 6.16. The van der Waals surface area contributed by atoms with Crippen LogP contribution in [0.1, 0.15) is 21.5 Å². The fourth-order valence-electron chi connectivity index (χ4n) is 1.73. The number of anilines is 1. The van der Waals surface area contributed by atoms with E-state index in [0.717, 1.165) is 5.56 Å². The molecule has 0 spiro atoms. The Morgan fingerprint density at radius 3 is 2.70 bits per heavy atom. The highest BCUT2D eigenvalue weighted by Crippen LogP contribution is 2.22. The number of nitrogen functional groups attached to an aromatic ring is 1. The zero-order valence-electron chi connectivity index (χ0n) is 10.8. The van der Waals surface area contributed by atoms with Crippen molar-refractivity contribution >= 4 is 34.9 Å². The zero-order valence-corrected chi connectivity index (χ0v) is 12.3. The Morgan fingerprint density at radius 1 is 1.20 bits per heavy atom. The lowest BCUT2D eigenvalue weighted by Gasteiger charge is -2.09. The number of carbonyl (C=O) groups is 1. The zero-order chi connectivity index (χ0) is 14.7. The van der Waals surface area contributed by atoms with Crippen molar-refractivity contribution in [3.8, 4) is 0 Å². The van der Waals surface area contributed by atoms with Gasteiger partial charge in [-0.25, -0.2) is 4.79 Å². The first-order valence-electron chi connectivity index (χ1n) is 5.94. The van der Waals surface area contributed by atoms with Crippen molar-refractivity contribution < 1.29 is 9.53 Å². The van der Waals surface area contributed by atoms with E-state index in [4.69, 9.17) is 33.7 Å². The number of nitrogens with two attached hydrogens (primary N) is 1. The molecule has 2 rings (SSSR count). The largest absolute Gasteiger partial charge is 0.457 e. The van der Waals surface area contributed by atoms with E-state index >= 15 is 0 Å². The third-order valence-corrected chi connectivity index (χ3v) is 3.45. The summed E-state index contributed by atoms with van der Waals surface area (Å²) < 4.78 is 5.25. The highest BCUT2D eigenvalue weighted by atomic mass is 35.5. The maximum absolute atomic E-state index is 12.0. The predicted octanol–water partition coefficient (Wildman–Crippen LogP) is 4.24. The number of esters is 1. The van der Waals surface area contributed by atoms with Crippen LogP contribution in [0.25, 0.3) is 0 Å². The number of carbonyl (C=O) groups excluding carboxylic acids is 1. The molecule has 3 nitrogen and oxygen atoms in total. The van der Waals surface area contributed by atoms with Crippen LogP contribution in [0.2, 0.25) is 10.0 Å². The van der Waals surface area contributed by atoms with Crippen molar-refractivity contribution in [3.05, 3.63) is 63.1 Å². The summed E-state index contributed by atoms with van der Waals surface area (Å²) in [4.78, 5) is 12.0. The molecule has 0 aliphatic rings. The molecule has 0 radical (unpaired) electrons. The Bertz CT molecular complexity index is 656. The summed E-state index contributed by atoms with van der Waals surface area (Å²) >= 11 is 11.9. The van der Waals surface area contributed by atoms with E-state index < -0.39 is 5.97 Å². The number of hydrogen-bond donors (Lipinski definition) is 1. The van der Waals surface area contributed by atoms with Crippen LogP contribution in [0.5, 0.6) is 0 Å². The van der Waals surface area contributed by atoms with Crippen LogP contribution in [-0.2, 0) is 11.3 Å². The maximum Gasteiger partial charge on any atom is 0.338 e. The monoisotopic (exact) mass is 309 g/mol. The highest BCUT2D eigenvalue weighted by molar-refractivity contribution is 6.33. The van der Waals surface area contributed by atoms with Gasteiger partial charge in [0.05, 0.1) is 5.56 Å². The Kier molecular flexibility index (Phi) is 4.53. The van der Waals surface area contributed by atoms with E-state index in [9.17, 15) is 4.79 Å². The van der Waals surface area contributed by atoms with Crippen molar-refractivity contribution in [2.75, 3.05) is 5.73 Å². The van der Waals surface area contributed by atoms with Gasteiger partial charge in [0.1, 0.15) is 6.61 Å². The number of aryl methyl sites for hydroxylation is 1. The van der Waals surface area contributed by atoms with Gasteiger partial charge in [-0.15, -0.1) is 0 Å². The molecular formula is C15H13Cl2NO2. The normalized spacial score (nSPS) is 10.3. The van der Waals surface area contributed by atoms with Gasteiger partial charge in [-0.3, -0.25) is 0 Å². The Labute approximate surface area is 127 Å². The Balaban J connectivity index is 2.12. The van der Waals surface area contributed by atoms with Gasteiger partial charge < -0.3 is 10.5 Å². The van der Waals surface area contributed by atoms with Crippen LogP contribution in [0.15, 0.2) is 36.4 Å². The van der Waals surface area contributed by atoms with Crippen LogP contribution in [0.4, 0.5) is 5.69 Å². The average Bonchev–Trinajstić information content (AvgIpc) is 2.42. The fraction of sp³-hybridized carbons (Fsp3) is 0.133. The second-order valence-corrected chi connectivity index (χ2v) is 5.23. The third kappa shape index (κ3) is 3.44. The Morgan fingerprint density at radius 2 is 1.95 bits per heavy atom. The first-order chi connectivity index (χ1) is 9.47. The summed E-state index contributed by atoms with van der Waals surface area (Å²) in [6.45, 7) is 1.88. The predicted molar refractivity (Wildman–Crippen MR) is 81.2 cm³/mol. The van der Waals surface area contributed by atoms with Gasteiger partial charge in [-0.05, 0) is 42.8 Å². The number of halogens is 2. The van der Waals surface area contributed by atoms with E-state index in [0.29, 0.717) is 26.9 Å². The molecule has 0 bridgehead atoms. The van der Waals surface area contributed by atoms with E-state index in [1.165, 1.54) is 0 Å². The fourth-order valence-corrected chi connectivity index (χ4v) is 2.10. The molecule has 0 amide bonds. The molecule has 104 valence electrons. The van der Waals surface area contributed by atoms with E-state index in [2.05, 4.69) is 0 Å². The Hall–Kier alpha value is -1.71. The number of hydrogen-bond acceptors (Lipinski definition) is 3. The molecule has 2 N–H and O–H groups in total. The number of benzene rings is 2. The molecule has 0 aromatic heterocycles. The summed E-state index contributed by atoms with van der Waals surface area (Å²) in [6.07, 6.45) is 0.